The molecule has 1 unspecified atom stereocenters. The fourth-order valence-electron chi connectivity index (χ4n) is 5.09. The molecule has 1 aliphatic heterocycles. The lowest BCUT2D eigenvalue weighted by molar-refractivity contribution is -0.115. The minimum atomic E-state index is -3.53. The smallest absolute Gasteiger partial charge is 0.243 e. The van der Waals surface area contributed by atoms with Gasteiger partial charge in [-0.25, -0.2) is 8.42 Å². The van der Waals surface area contributed by atoms with Crippen LogP contribution in [0.3, 0.4) is 0 Å². The van der Waals surface area contributed by atoms with E-state index in [1.807, 2.05) is 17.4 Å². The van der Waals surface area contributed by atoms with E-state index in [2.05, 4.69) is 48.4 Å². The third kappa shape index (κ3) is 5.17. The van der Waals surface area contributed by atoms with Gasteiger partial charge in [-0.15, -0.1) is 10.2 Å². The summed E-state index contributed by atoms with van der Waals surface area (Å²) in [5, 5.41) is 13.0. The first-order valence-corrected chi connectivity index (χ1v) is 15.3. The Morgan fingerprint density at radius 1 is 0.947 bits per heavy atom. The number of sulfonamides is 1. The molecule has 2 aromatic carbocycles. The lowest BCUT2D eigenvalue weighted by Crippen LogP contribution is -2.31. The average molecular weight is 552 g/mol. The van der Waals surface area contributed by atoms with Crippen LogP contribution in [0, 0.1) is 20.8 Å². The number of hydrogen-bond acceptors (Lipinski definition) is 6. The van der Waals surface area contributed by atoms with E-state index >= 15 is 0 Å². The third-order valence-corrected chi connectivity index (χ3v) is 10.0. The normalized spacial score (nSPS) is 16.0. The summed E-state index contributed by atoms with van der Waals surface area (Å²) in [7, 11) is -3.53. The summed E-state index contributed by atoms with van der Waals surface area (Å²) in [6.07, 6.45) is 3.90. The number of anilines is 1. The second-order valence-electron chi connectivity index (χ2n) is 10.1. The van der Waals surface area contributed by atoms with Crippen molar-refractivity contribution >= 4 is 49.9 Å². The monoisotopic (exact) mass is 551 g/mol. The Balaban J connectivity index is 1.33. The molecule has 10 heteroatoms. The zero-order valence-corrected chi connectivity index (χ0v) is 23.8. The standard InChI is InChI=1S/C28H33N5O3S2/c1-18-15-20(3)26-24(16-18)19(2)17-25-30-31-28(33(25)26)37-21(4)27(34)29-22-9-11-23(12-10-22)38(35,36)32-13-7-5-6-8-14-32/h9-12,15-17,21H,5-8,13-14H2,1-4H3,(H,29,34). The number of benzene rings is 2. The van der Waals surface area contributed by atoms with E-state index in [0.717, 1.165) is 53.4 Å². The van der Waals surface area contributed by atoms with Crippen molar-refractivity contribution in [1.29, 1.82) is 0 Å². The van der Waals surface area contributed by atoms with Gasteiger partial charge >= 0.3 is 0 Å². The van der Waals surface area contributed by atoms with Crippen LogP contribution in [0.25, 0.3) is 16.6 Å². The summed E-state index contributed by atoms with van der Waals surface area (Å²) in [6, 6.07) is 12.8. The Labute approximate surface area is 227 Å². The van der Waals surface area contributed by atoms with E-state index < -0.39 is 15.3 Å². The zero-order chi connectivity index (χ0) is 27.0. The molecule has 0 bridgehead atoms. The van der Waals surface area contributed by atoms with Crippen LogP contribution in [0.5, 0.6) is 0 Å². The van der Waals surface area contributed by atoms with Crippen molar-refractivity contribution < 1.29 is 13.2 Å². The molecular weight excluding hydrogens is 518 g/mol. The molecule has 1 N–H and O–H groups in total. The molecule has 3 heterocycles. The Hall–Kier alpha value is -2.95. The minimum absolute atomic E-state index is 0.196. The highest BCUT2D eigenvalue weighted by atomic mass is 32.2. The molecule has 5 rings (SSSR count). The van der Waals surface area contributed by atoms with E-state index in [4.69, 9.17) is 0 Å². The first kappa shape index (κ1) is 26.6. The number of aromatic nitrogens is 3. The lowest BCUT2D eigenvalue weighted by Gasteiger charge is -2.20. The fraction of sp³-hybridized carbons (Fsp3) is 0.393. The van der Waals surface area contributed by atoms with Crippen LogP contribution in [0.15, 0.2) is 52.5 Å². The van der Waals surface area contributed by atoms with Gasteiger partial charge in [-0.3, -0.25) is 9.20 Å². The highest BCUT2D eigenvalue weighted by Crippen LogP contribution is 2.31. The van der Waals surface area contributed by atoms with Gasteiger partial charge in [0.1, 0.15) is 0 Å². The van der Waals surface area contributed by atoms with Gasteiger partial charge < -0.3 is 5.32 Å². The number of hydrogen-bond donors (Lipinski definition) is 1. The number of thioether (sulfide) groups is 1. The van der Waals surface area contributed by atoms with Crippen molar-refractivity contribution in [3.05, 3.63) is 59.2 Å². The van der Waals surface area contributed by atoms with Gasteiger partial charge in [-0.05, 0) is 88.1 Å². The minimum Gasteiger partial charge on any atom is -0.325 e. The maximum atomic E-state index is 13.1. The average Bonchev–Trinajstić information content (AvgIpc) is 3.07. The van der Waals surface area contributed by atoms with Crippen molar-refractivity contribution in [2.75, 3.05) is 18.4 Å². The Kier molecular flexibility index (Phi) is 7.48. The SMILES string of the molecule is Cc1cc(C)c2c(c1)c(C)cc1nnc(SC(C)C(=O)Nc3ccc(S(=O)(=O)N4CCCCCC4)cc3)n12. The third-order valence-electron chi connectivity index (χ3n) is 7.07. The number of carbonyl (C=O) groups is 1. The largest absolute Gasteiger partial charge is 0.325 e. The highest BCUT2D eigenvalue weighted by molar-refractivity contribution is 8.00. The number of amides is 1. The molecule has 0 saturated carbocycles. The molecule has 0 aliphatic carbocycles. The molecule has 1 atom stereocenters. The number of carbonyl (C=O) groups excluding carboxylic acids is 1. The summed E-state index contributed by atoms with van der Waals surface area (Å²) in [6.45, 7) is 9.17. The van der Waals surface area contributed by atoms with Crippen LogP contribution in [0.2, 0.25) is 0 Å². The lowest BCUT2D eigenvalue weighted by atomic mass is 10.0. The van der Waals surface area contributed by atoms with Crippen LogP contribution >= 0.6 is 11.8 Å². The van der Waals surface area contributed by atoms with Crippen LogP contribution < -0.4 is 5.32 Å². The molecule has 0 radical (unpaired) electrons. The summed E-state index contributed by atoms with van der Waals surface area (Å²) >= 11 is 1.34. The Bertz CT molecular complexity index is 1610. The van der Waals surface area contributed by atoms with E-state index in [9.17, 15) is 13.2 Å². The number of aryl methyl sites for hydroxylation is 3. The predicted octanol–water partition coefficient (Wildman–Crippen LogP) is 5.49. The van der Waals surface area contributed by atoms with Crippen molar-refractivity contribution in [2.45, 2.75) is 68.7 Å². The van der Waals surface area contributed by atoms with Gasteiger partial charge in [-0.1, -0.05) is 36.2 Å². The molecule has 1 saturated heterocycles. The van der Waals surface area contributed by atoms with Crippen LogP contribution in [-0.4, -0.2) is 51.6 Å². The van der Waals surface area contributed by atoms with Crippen LogP contribution in [0.4, 0.5) is 5.69 Å². The van der Waals surface area contributed by atoms with Gasteiger partial charge in [0.15, 0.2) is 10.8 Å². The van der Waals surface area contributed by atoms with Crippen LogP contribution in [0.1, 0.15) is 49.3 Å². The van der Waals surface area contributed by atoms with Crippen molar-refractivity contribution in [2.24, 2.45) is 0 Å². The molecule has 2 aromatic heterocycles. The van der Waals surface area contributed by atoms with Crippen molar-refractivity contribution in [3.63, 3.8) is 0 Å². The van der Waals surface area contributed by atoms with Crippen molar-refractivity contribution in [1.82, 2.24) is 18.9 Å². The Morgan fingerprint density at radius 3 is 2.32 bits per heavy atom. The van der Waals surface area contributed by atoms with Gasteiger partial charge in [0, 0.05) is 24.2 Å². The molecule has 38 heavy (non-hydrogen) atoms. The quantitative estimate of drug-likeness (QED) is 0.318. The molecule has 4 aromatic rings. The van der Waals surface area contributed by atoms with E-state index in [0.29, 0.717) is 23.9 Å². The molecule has 1 fully saturated rings. The number of nitrogens with zero attached hydrogens (tertiary/aromatic N) is 4. The maximum Gasteiger partial charge on any atom is 0.243 e. The second-order valence-corrected chi connectivity index (χ2v) is 13.3. The van der Waals surface area contributed by atoms with E-state index in [1.54, 1.807) is 28.6 Å². The van der Waals surface area contributed by atoms with Gasteiger partial charge in [0.2, 0.25) is 15.9 Å². The molecule has 200 valence electrons. The first-order valence-electron chi connectivity index (χ1n) is 13.0. The van der Waals surface area contributed by atoms with Crippen LogP contribution in [-0.2, 0) is 14.8 Å². The van der Waals surface area contributed by atoms with E-state index in [1.165, 1.54) is 17.3 Å². The highest BCUT2D eigenvalue weighted by Gasteiger charge is 2.25. The molecule has 8 nitrogen and oxygen atoms in total. The summed E-state index contributed by atoms with van der Waals surface area (Å²) in [5.41, 5.74) is 5.80. The van der Waals surface area contributed by atoms with Gasteiger partial charge in [0.05, 0.1) is 15.7 Å². The molecular formula is C28H33N5O3S2. The molecule has 0 spiro atoms. The number of nitrogens with one attached hydrogen (secondary N) is 1. The summed E-state index contributed by atoms with van der Waals surface area (Å²) < 4.78 is 29.7. The topological polar surface area (TPSA) is 96.7 Å². The predicted molar refractivity (Wildman–Crippen MR) is 152 cm³/mol. The number of pyridine rings is 1. The molecule has 1 aliphatic rings. The number of fused-ring (bicyclic) bond motifs is 3. The van der Waals surface area contributed by atoms with Gasteiger partial charge in [-0.2, -0.15) is 4.31 Å². The second kappa shape index (κ2) is 10.7. The zero-order valence-electron chi connectivity index (χ0n) is 22.2. The summed E-state index contributed by atoms with van der Waals surface area (Å²) in [4.78, 5) is 13.3. The first-order chi connectivity index (χ1) is 18.1. The van der Waals surface area contributed by atoms with Crippen molar-refractivity contribution in [3.8, 4) is 0 Å². The van der Waals surface area contributed by atoms with E-state index in [-0.39, 0.29) is 10.8 Å². The Morgan fingerprint density at radius 2 is 1.63 bits per heavy atom. The number of rotatable bonds is 6. The molecule has 1 amide bonds. The van der Waals surface area contributed by atoms with Gasteiger partial charge in [0.25, 0.3) is 0 Å². The maximum absolute atomic E-state index is 13.1. The summed E-state index contributed by atoms with van der Waals surface area (Å²) in [5.74, 6) is -0.196. The fourth-order valence-corrected chi connectivity index (χ4v) is 7.46.